The molecule has 0 unspecified atom stereocenters. The molecule has 1 saturated carbocycles. The molecule has 0 aromatic carbocycles. The van der Waals surface area contributed by atoms with Crippen LogP contribution >= 0.6 is 0 Å². The smallest absolute Gasteiger partial charge is 0.0522 e. The summed E-state index contributed by atoms with van der Waals surface area (Å²) in [4.78, 5) is 0. The van der Waals surface area contributed by atoms with Gasteiger partial charge < -0.3 is 0 Å². The van der Waals surface area contributed by atoms with Crippen molar-refractivity contribution in [3.05, 3.63) is 18.0 Å². The van der Waals surface area contributed by atoms with E-state index in [1.54, 1.807) is 0 Å². The van der Waals surface area contributed by atoms with E-state index in [-0.39, 0.29) is 0 Å². The van der Waals surface area contributed by atoms with Gasteiger partial charge in [0, 0.05) is 11.9 Å². The lowest BCUT2D eigenvalue weighted by molar-refractivity contribution is 0.285. The molecule has 1 aromatic heterocycles. The monoisotopic (exact) mass is 136 g/mol. The lowest BCUT2D eigenvalue weighted by Crippen LogP contribution is -2.18. The lowest BCUT2D eigenvalue weighted by Gasteiger charge is -2.26. The fourth-order valence-corrected chi connectivity index (χ4v) is 1.39. The highest BCUT2D eigenvalue weighted by molar-refractivity contribution is 4.99. The third kappa shape index (κ3) is 0.753. The summed E-state index contributed by atoms with van der Waals surface area (Å²) in [5.41, 5.74) is 1.30. The Balaban J connectivity index is 2.23. The summed E-state index contributed by atoms with van der Waals surface area (Å²) in [6.07, 6.45) is 5.91. The first kappa shape index (κ1) is 5.96. The van der Waals surface area contributed by atoms with Crippen LogP contribution in [0.4, 0.5) is 0 Å². The van der Waals surface area contributed by atoms with Crippen molar-refractivity contribution in [1.82, 2.24) is 9.78 Å². The Hall–Kier alpha value is -0.790. The van der Waals surface area contributed by atoms with Crippen LogP contribution in [-0.2, 0) is 0 Å². The van der Waals surface area contributed by atoms with Crippen LogP contribution < -0.4 is 0 Å². The van der Waals surface area contributed by atoms with Crippen molar-refractivity contribution in [3.8, 4) is 0 Å². The van der Waals surface area contributed by atoms with Gasteiger partial charge in [-0.25, -0.2) is 0 Å². The molecule has 1 fully saturated rings. The van der Waals surface area contributed by atoms with Crippen LogP contribution in [0.3, 0.4) is 0 Å². The predicted octanol–water partition coefficient (Wildman–Crippen LogP) is 1.92. The van der Waals surface area contributed by atoms with Crippen LogP contribution in [0.15, 0.2) is 12.3 Å². The van der Waals surface area contributed by atoms with Gasteiger partial charge in [0.25, 0.3) is 0 Å². The Kier molecular flexibility index (Phi) is 1.26. The van der Waals surface area contributed by atoms with Crippen molar-refractivity contribution in [2.45, 2.75) is 32.2 Å². The number of hydrogen-bond acceptors (Lipinski definition) is 1. The Morgan fingerprint density at radius 3 is 2.80 bits per heavy atom. The van der Waals surface area contributed by atoms with Crippen LogP contribution in [0.1, 0.15) is 31.0 Å². The second-order valence-electron chi connectivity index (χ2n) is 3.00. The van der Waals surface area contributed by atoms with Crippen LogP contribution in [0.25, 0.3) is 0 Å². The molecule has 0 spiro atoms. The van der Waals surface area contributed by atoms with Gasteiger partial charge in [-0.1, -0.05) is 0 Å². The SMILES string of the molecule is Cc1ccnn1C1CCC1. The van der Waals surface area contributed by atoms with E-state index in [0.29, 0.717) is 0 Å². The van der Waals surface area contributed by atoms with Crippen molar-refractivity contribution in [3.63, 3.8) is 0 Å². The zero-order chi connectivity index (χ0) is 6.97. The standard InChI is InChI=1S/C8H12N2/c1-7-5-6-9-10(7)8-3-2-4-8/h5-6,8H,2-4H2,1H3. The molecule has 54 valence electrons. The third-order valence-electron chi connectivity index (χ3n) is 2.29. The molecule has 2 heteroatoms. The molecule has 2 rings (SSSR count). The van der Waals surface area contributed by atoms with Crippen molar-refractivity contribution in [2.24, 2.45) is 0 Å². The Labute approximate surface area is 60.9 Å². The molecule has 1 aliphatic rings. The van der Waals surface area contributed by atoms with Crippen LogP contribution in [0, 0.1) is 6.92 Å². The average molecular weight is 136 g/mol. The Bertz CT molecular complexity index is 223. The maximum absolute atomic E-state index is 4.25. The van der Waals surface area contributed by atoms with E-state index in [9.17, 15) is 0 Å². The van der Waals surface area contributed by atoms with E-state index in [1.807, 2.05) is 6.20 Å². The number of nitrogens with zero attached hydrogens (tertiary/aromatic N) is 2. The molecule has 1 heterocycles. The van der Waals surface area contributed by atoms with E-state index < -0.39 is 0 Å². The number of hydrogen-bond donors (Lipinski definition) is 0. The van der Waals surface area contributed by atoms with Crippen molar-refractivity contribution in [1.29, 1.82) is 0 Å². The Morgan fingerprint density at radius 2 is 2.40 bits per heavy atom. The first-order chi connectivity index (χ1) is 4.88. The normalized spacial score (nSPS) is 18.9. The van der Waals surface area contributed by atoms with E-state index in [4.69, 9.17) is 0 Å². The second-order valence-corrected chi connectivity index (χ2v) is 3.00. The van der Waals surface area contributed by atoms with Crippen molar-refractivity contribution < 1.29 is 0 Å². The molecule has 0 aliphatic heterocycles. The molecular formula is C8H12N2. The number of aromatic nitrogens is 2. The summed E-state index contributed by atoms with van der Waals surface area (Å²) in [6.45, 7) is 2.12. The number of aryl methyl sites for hydroxylation is 1. The van der Waals surface area contributed by atoms with Gasteiger partial charge in [0.1, 0.15) is 0 Å². The summed E-state index contributed by atoms with van der Waals surface area (Å²) in [7, 11) is 0. The lowest BCUT2D eigenvalue weighted by atomic mass is 9.93. The zero-order valence-electron chi connectivity index (χ0n) is 6.25. The highest BCUT2D eigenvalue weighted by atomic mass is 15.3. The summed E-state index contributed by atoms with van der Waals surface area (Å²) in [6, 6.07) is 2.79. The fourth-order valence-electron chi connectivity index (χ4n) is 1.39. The van der Waals surface area contributed by atoms with Crippen molar-refractivity contribution in [2.75, 3.05) is 0 Å². The Morgan fingerprint density at radius 1 is 1.60 bits per heavy atom. The summed E-state index contributed by atoms with van der Waals surface area (Å²) >= 11 is 0. The van der Waals surface area contributed by atoms with Crippen LogP contribution in [0.2, 0.25) is 0 Å². The molecule has 0 bridgehead atoms. The average Bonchev–Trinajstić information content (AvgIpc) is 2.12. The molecule has 2 nitrogen and oxygen atoms in total. The number of rotatable bonds is 1. The van der Waals surface area contributed by atoms with Gasteiger partial charge in [0.05, 0.1) is 6.04 Å². The maximum Gasteiger partial charge on any atom is 0.0522 e. The van der Waals surface area contributed by atoms with Gasteiger partial charge in [-0.15, -0.1) is 0 Å². The van der Waals surface area contributed by atoms with Gasteiger partial charge >= 0.3 is 0 Å². The van der Waals surface area contributed by atoms with Gasteiger partial charge in [-0.2, -0.15) is 5.10 Å². The minimum atomic E-state index is 0.718. The molecule has 0 saturated heterocycles. The van der Waals surface area contributed by atoms with E-state index in [2.05, 4.69) is 22.8 Å². The largest absolute Gasteiger partial charge is 0.267 e. The topological polar surface area (TPSA) is 17.8 Å². The minimum Gasteiger partial charge on any atom is -0.267 e. The zero-order valence-corrected chi connectivity index (χ0v) is 6.25. The first-order valence-electron chi connectivity index (χ1n) is 3.88. The third-order valence-corrected chi connectivity index (χ3v) is 2.29. The van der Waals surface area contributed by atoms with Gasteiger partial charge in [-0.3, -0.25) is 4.68 Å². The molecular weight excluding hydrogens is 124 g/mol. The molecule has 0 amide bonds. The van der Waals surface area contributed by atoms with Crippen LogP contribution in [0.5, 0.6) is 0 Å². The minimum absolute atomic E-state index is 0.718. The fraction of sp³-hybridized carbons (Fsp3) is 0.625. The predicted molar refractivity (Wildman–Crippen MR) is 39.9 cm³/mol. The summed E-state index contributed by atoms with van der Waals surface area (Å²) in [5.74, 6) is 0. The molecule has 0 N–H and O–H groups in total. The van der Waals surface area contributed by atoms with Gasteiger partial charge in [0.15, 0.2) is 0 Å². The molecule has 1 aliphatic carbocycles. The molecule has 0 radical (unpaired) electrons. The molecule has 1 aromatic rings. The summed E-state index contributed by atoms with van der Waals surface area (Å²) in [5, 5.41) is 4.25. The van der Waals surface area contributed by atoms with Gasteiger partial charge in [-0.05, 0) is 32.3 Å². The maximum atomic E-state index is 4.25. The van der Waals surface area contributed by atoms with E-state index in [0.717, 1.165) is 6.04 Å². The second kappa shape index (κ2) is 2.11. The van der Waals surface area contributed by atoms with Crippen molar-refractivity contribution >= 4 is 0 Å². The highest BCUT2D eigenvalue weighted by Crippen LogP contribution is 2.31. The quantitative estimate of drug-likeness (QED) is 0.576. The molecule has 0 atom stereocenters. The van der Waals surface area contributed by atoms with E-state index in [1.165, 1.54) is 25.0 Å². The summed E-state index contributed by atoms with van der Waals surface area (Å²) < 4.78 is 2.14. The molecule has 10 heavy (non-hydrogen) atoms. The van der Waals surface area contributed by atoms with Gasteiger partial charge in [0.2, 0.25) is 0 Å². The van der Waals surface area contributed by atoms with Crippen LogP contribution in [-0.4, -0.2) is 9.78 Å². The van der Waals surface area contributed by atoms with E-state index >= 15 is 0 Å². The highest BCUT2D eigenvalue weighted by Gasteiger charge is 2.20. The first-order valence-corrected chi connectivity index (χ1v) is 3.88.